The molecule has 0 saturated heterocycles. The van der Waals surface area contributed by atoms with Gasteiger partial charge in [-0.25, -0.2) is 0 Å². The van der Waals surface area contributed by atoms with Crippen LogP contribution in [-0.2, 0) is 4.79 Å². The van der Waals surface area contributed by atoms with E-state index in [4.69, 9.17) is 4.42 Å². The summed E-state index contributed by atoms with van der Waals surface area (Å²) in [5, 5.41) is 14.3. The number of anilines is 1. The minimum absolute atomic E-state index is 0.0281. The number of rotatable bonds is 4. The fourth-order valence-corrected chi connectivity index (χ4v) is 4.44. The van der Waals surface area contributed by atoms with Crippen LogP contribution < -0.4 is 4.90 Å². The fourth-order valence-electron chi connectivity index (χ4n) is 3.76. The number of fused-ring (bicyclic) bond motifs is 1. The van der Waals surface area contributed by atoms with Crippen LogP contribution in [-0.4, -0.2) is 16.8 Å². The number of carbonyl (C=O) groups excluding carboxylic acids is 2. The van der Waals surface area contributed by atoms with Crippen molar-refractivity contribution < 1.29 is 19.1 Å². The third-order valence-electron chi connectivity index (χ3n) is 5.04. The summed E-state index contributed by atoms with van der Waals surface area (Å²) >= 11 is 1.26. The van der Waals surface area contributed by atoms with Gasteiger partial charge in [0, 0.05) is 5.39 Å². The van der Waals surface area contributed by atoms with Gasteiger partial charge in [-0.1, -0.05) is 42.5 Å². The maximum Gasteiger partial charge on any atom is 0.294 e. The molecule has 1 amide bonds. The number of furan rings is 1. The van der Waals surface area contributed by atoms with Crippen LogP contribution in [0.4, 0.5) is 5.69 Å². The maximum absolute atomic E-state index is 13.2. The zero-order valence-electron chi connectivity index (χ0n) is 15.1. The number of ketones is 1. The van der Waals surface area contributed by atoms with Crippen LogP contribution in [0.3, 0.4) is 0 Å². The summed E-state index contributed by atoms with van der Waals surface area (Å²) in [5.74, 6) is -1.13. The standard InChI is InChI=1S/C23H15NO4S/c25-21(18-11-5-13-29-18)19-20(17-10-4-12-28-17)24(23(27)22(19)26)16-9-3-7-14-6-1-2-8-15(14)16/h1-13,20,26H. The largest absolute Gasteiger partial charge is 0.503 e. The average molecular weight is 401 g/mol. The molecule has 0 aliphatic carbocycles. The van der Waals surface area contributed by atoms with Crippen molar-refractivity contribution in [1.82, 2.24) is 0 Å². The lowest BCUT2D eigenvalue weighted by Crippen LogP contribution is -2.31. The smallest absolute Gasteiger partial charge is 0.294 e. The molecule has 5 rings (SSSR count). The summed E-state index contributed by atoms with van der Waals surface area (Å²) in [6.45, 7) is 0. The van der Waals surface area contributed by atoms with Crippen molar-refractivity contribution in [3.05, 3.63) is 100 Å². The number of aliphatic hydroxyl groups excluding tert-OH is 1. The number of hydrogen-bond acceptors (Lipinski definition) is 5. The molecule has 2 aromatic heterocycles. The van der Waals surface area contributed by atoms with Crippen LogP contribution in [0.25, 0.3) is 10.8 Å². The number of carbonyl (C=O) groups is 2. The van der Waals surface area contributed by atoms with Gasteiger partial charge in [0.15, 0.2) is 5.76 Å². The molecule has 6 heteroatoms. The zero-order chi connectivity index (χ0) is 20.0. The highest BCUT2D eigenvalue weighted by molar-refractivity contribution is 7.12. The highest BCUT2D eigenvalue weighted by atomic mass is 32.1. The van der Waals surface area contributed by atoms with Crippen molar-refractivity contribution >= 4 is 39.5 Å². The lowest BCUT2D eigenvalue weighted by molar-refractivity contribution is -0.117. The molecular formula is C23H15NO4S. The number of aliphatic hydroxyl groups is 1. The molecule has 0 bridgehead atoms. The van der Waals surface area contributed by atoms with Gasteiger partial charge in [-0.05, 0) is 35.0 Å². The second kappa shape index (κ2) is 6.76. The van der Waals surface area contributed by atoms with Gasteiger partial charge < -0.3 is 9.52 Å². The third-order valence-corrected chi connectivity index (χ3v) is 5.91. The Balaban J connectivity index is 1.72. The van der Waals surface area contributed by atoms with Crippen molar-refractivity contribution in [3.8, 4) is 0 Å². The van der Waals surface area contributed by atoms with Crippen molar-refractivity contribution in [2.24, 2.45) is 0 Å². The number of nitrogens with zero attached hydrogens (tertiary/aromatic N) is 1. The molecule has 142 valence electrons. The molecule has 0 radical (unpaired) electrons. The molecule has 0 fully saturated rings. The summed E-state index contributed by atoms with van der Waals surface area (Å²) in [7, 11) is 0. The van der Waals surface area contributed by atoms with Crippen molar-refractivity contribution in [2.45, 2.75) is 6.04 Å². The zero-order valence-corrected chi connectivity index (χ0v) is 15.9. The Hall–Kier alpha value is -3.64. The van der Waals surface area contributed by atoms with Gasteiger partial charge in [0.2, 0.25) is 5.78 Å². The van der Waals surface area contributed by atoms with Crippen LogP contribution in [0.2, 0.25) is 0 Å². The number of hydrogen-bond donors (Lipinski definition) is 1. The van der Waals surface area contributed by atoms with Gasteiger partial charge in [0.1, 0.15) is 11.8 Å². The van der Waals surface area contributed by atoms with E-state index in [1.165, 1.54) is 22.5 Å². The molecule has 1 aliphatic heterocycles. The van der Waals surface area contributed by atoms with E-state index < -0.39 is 17.7 Å². The molecular weight excluding hydrogens is 386 g/mol. The molecule has 29 heavy (non-hydrogen) atoms. The first-order valence-corrected chi connectivity index (χ1v) is 9.91. The van der Waals surface area contributed by atoms with E-state index in [1.807, 2.05) is 42.5 Å². The van der Waals surface area contributed by atoms with E-state index >= 15 is 0 Å². The number of amides is 1. The third kappa shape index (κ3) is 2.68. The molecule has 3 heterocycles. The lowest BCUT2D eigenvalue weighted by atomic mass is 9.99. The van der Waals surface area contributed by atoms with E-state index in [0.717, 1.165) is 10.8 Å². The number of benzene rings is 2. The molecule has 1 unspecified atom stereocenters. The van der Waals surface area contributed by atoms with Crippen LogP contribution in [0.1, 0.15) is 21.5 Å². The Bertz CT molecular complexity index is 1250. The second-order valence-corrected chi connectivity index (χ2v) is 7.61. The van der Waals surface area contributed by atoms with Crippen LogP contribution in [0, 0.1) is 0 Å². The minimum Gasteiger partial charge on any atom is -0.503 e. The normalized spacial score (nSPS) is 16.8. The molecule has 1 atom stereocenters. The van der Waals surface area contributed by atoms with Gasteiger partial charge >= 0.3 is 0 Å². The topological polar surface area (TPSA) is 70.8 Å². The monoisotopic (exact) mass is 401 g/mol. The Kier molecular flexibility index (Phi) is 4.07. The quantitative estimate of drug-likeness (QED) is 0.473. The van der Waals surface area contributed by atoms with Gasteiger partial charge in [0.25, 0.3) is 5.91 Å². The Morgan fingerprint density at radius 1 is 1.00 bits per heavy atom. The van der Waals surface area contributed by atoms with E-state index in [9.17, 15) is 14.7 Å². The van der Waals surface area contributed by atoms with Crippen LogP contribution >= 0.6 is 11.3 Å². The first-order valence-electron chi connectivity index (χ1n) is 9.03. The lowest BCUT2D eigenvalue weighted by Gasteiger charge is -2.26. The van der Waals surface area contributed by atoms with Gasteiger partial charge in [0.05, 0.1) is 22.4 Å². The summed E-state index contributed by atoms with van der Waals surface area (Å²) < 4.78 is 5.59. The molecule has 0 saturated carbocycles. The van der Waals surface area contributed by atoms with Crippen molar-refractivity contribution in [3.63, 3.8) is 0 Å². The predicted octanol–water partition coefficient (Wildman–Crippen LogP) is 5.28. The first-order chi connectivity index (χ1) is 14.2. The first kappa shape index (κ1) is 17.5. The van der Waals surface area contributed by atoms with Gasteiger partial charge in [-0.15, -0.1) is 11.3 Å². The molecule has 1 N–H and O–H groups in total. The van der Waals surface area contributed by atoms with E-state index in [2.05, 4.69) is 0 Å². The Morgan fingerprint density at radius 3 is 2.59 bits per heavy atom. The van der Waals surface area contributed by atoms with E-state index in [1.54, 1.807) is 29.6 Å². The van der Waals surface area contributed by atoms with E-state index in [0.29, 0.717) is 16.3 Å². The molecule has 4 aromatic rings. The highest BCUT2D eigenvalue weighted by Crippen LogP contribution is 2.44. The maximum atomic E-state index is 13.2. The Labute approximate surface area is 170 Å². The molecule has 2 aromatic carbocycles. The van der Waals surface area contributed by atoms with Crippen molar-refractivity contribution in [2.75, 3.05) is 4.90 Å². The highest BCUT2D eigenvalue weighted by Gasteiger charge is 2.46. The van der Waals surface area contributed by atoms with Crippen LogP contribution in [0.15, 0.2) is 94.1 Å². The predicted molar refractivity (Wildman–Crippen MR) is 111 cm³/mol. The average Bonchev–Trinajstić information content (AvgIpc) is 3.50. The SMILES string of the molecule is O=C(C1=C(O)C(=O)N(c2cccc3ccccc23)C1c1ccco1)c1cccs1. The molecule has 0 spiro atoms. The summed E-state index contributed by atoms with van der Waals surface area (Å²) in [5.41, 5.74) is 0.635. The second-order valence-electron chi connectivity index (χ2n) is 6.66. The molecule has 5 nitrogen and oxygen atoms in total. The molecule has 1 aliphatic rings. The Morgan fingerprint density at radius 2 is 1.83 bits per heavy atom. The summed E-state index contributed by atoms with van der Waals surface area (Å²) in [6, 6.07) is 19.3. The van der Waals surface area contributed by atoms with E-state index in [-0.39, 0.29) is 11.4 Å². The number of thiophene rings is 1. The van der Waals surface area contributed by atoms with Crippen molar-refractivity contribution in [1.29, 1.82) is 0 Å². The minimum atomic E-state index is -0.849. The van der Waals surface area contributed by atoms with Gasteiger partial charge in [-0.2, -0.15) is 0 Å². The fraction of sp³-hybridized carbons (Fsp3) is 0.0435. The van der Waals surface area contributed by atoms with Gasteiger partial charge in [-0.3, -0.25) is 14.5 Å². The summed E-state index contributed by atoms with van der Waals surface area (Å²) in [6.07, 6.45) is 1.49. The summed E-state index contributed by atoms with van der Waals surface area (Å²) in [4.78, 5) is 28.2. The number of Topliss-reactive ketones (excluding diaryl/α,β-unsaturated/α-hetero) is 1. The van der Waals surface area contributed by atoms with Crippen LogP contribution in [0.5, 0.6) is 0 Å².